The topological polar surface area (TPSA) is 165 Å². The lowest BCUT2D eigenvalue weighted by Gasteiger charge is -2.25. The molecular formula is C20H32N6O5S. The number of imidazole rings is 1. The molecule has 1 aromatic rings. The summed E-state index contributed by atoms with van der Waals surface area (Å²) in [6.07, 6.45) is 5.00. The van der Waals surface area contributed by atoms with Crippen LogP contribution in [-0.4, -0.2) is 75.2 Å². The number of carboxylic acid groups (broad SMARTS) is 1. The van der Waals surface area contributed by atoms with Crippen molar-refractivity contribution in [2.24, 2.45) is 5.92 Å². The molecule has 32 heavy (non-hydrogen) atoms. The maximum absolute atomic E-state index is 13.1. The molecule has 1 aliphatic rings. The monoisotopic (exact) mass is 468 g/mol. The number of nitrogens with zero attached hydrogens (tertiary/aromatic N) is 1. The molecule has 0 aromatic carbocycles. The highest BCUT2D eigenvalue weighted by atomic mass is 32.1. The van der Waals surface area contributed by atoms with E-state index < -0.39 is 35.9 Å². The van der Waals surface area contributed by atoms with Crippen molar-refractivity contribution in [2.75, 3.05) is 12.3 Å². The van der Waals surface area contributed by atoms with E-state index in [4.69, 9.17) is 0 Å². The fourth-order valence-electron chi connectivity index (χ4n) is 3.44. The minimum atomic E-state index is -1.23. The Morgan fingerprint density at radius 3 is 2.38 bits per heavy atom. The second kappa shape index (κ2) is 12.4. The Morgan fingerprint density at radius 2 is 1.84 bits per heavy atom. The molecule has 0 bridgehead atoms. The SMILES string of the molecule is CC(C)CC(NC(=O)C1CCCN1)C(=O)NC(Cc1cnc[nH]1)C(=O)NC(CS)C(=O)O. The van der Waals surface area contributed by atoms with Gasteiger partial charge in [0.2, 0.25) is 17.7 Å². The van der Waals surface area contributed by atoms with Crippen LogP contribution in [0.3, 0.4) is 0 Å². The Labute approximate surface area is 192 Å². The quantitative estimate of drug-likeness (QED) is 0.198. The van der Waals surface area contributed by atoms with E-state index in [2.05, 4.69) is 43.9 Å². The van der Waals surface area contributed by atoms with Gasteiger partial charge in [-0.3, -0.25) is 14.4 Å². The fourth-order valence-corrected chi connectivity index (χ4v) is 3.69. The molecule has 178 valence electrons. The number of nitrogens with one attached hydrogen (secondary N) is 5. The predicted octanol–water partition coefficient (Wildman–Crippen LogP) is -0.781. The van der Waals surface area contributed by atoms with Gasteiger partial charge in [-0.05, 0) is 31.7 Å². The third kappa shape index (κ3) is 7.83. The zero-order valence-electron chi connectivity index (χ0n) is 18.3. The smallest absolute Gasteiger partial charge is 0.327 e. The Morgan fingerprint density at radius 1 is 1.16 bits per heavy atom. The third-order valence-corrected chi connectivity index (χ3v) is 5.49. The van der Waals surface area contributed by atoms with Crippen molar-refractivity contribution in [1.29, 1.82) is 0 Å². The highest BCUT2D eigenvalue weighted by Crippen LogP contribution is 2.10. The lowest BCUT2D eigenvalue weighted by atomic mass is 10.0. The van der Waals surface area contributed by atoms with Crippen molar-refractivity contribution in [3.8, 4) is 0 Å². The van der Waals surface area contributed by atoms with Crippen molar-refractivity contribution in [1.82, 2.24) is 31.2 Å². The summed E-state index contributed by atoms with van der Waals surface area (Å²) in [7, 11) is 0. The number of carbonyl (C=O) groups is 4. The van der Waals surface area contributed by atoms with Crippen LogP contribution in [0.4, 0.5) is 0 Å². The van der Waals surface area contributed by atoms with E-state index in [9.17, 15) is 24.3 Å². The normalized spacial score (nSPS) is 18.6. The van der Waals surface area contributed by atoms with E-state index >= 15 is 0 Å². The van der Waals surface area contributed by atoms with Crippen LogP contribution in [0.5, 0.6) is 0 Å². The summed E-state index contributed by atoms with van der Waals surface area (Å²) in [6, 6.07) is -3.44. The molecule has 6 N–H and O–H groups in total. The van der Waals surface area contributed by atoms with Gasteiger partial charge in [0.1, 0.15) is 18.1 Å². The molecule has 11 nitrogen and oxygen atoms in total. The van der Waals surface area contributed by atoms with E-state index in [0.29, 0.717) is 18.5 Å². The number of hydrogen-bond acceptors (Lipinski definition) is 7. The second-order valence-corrected chi connectivity index (χ2v) is 8.63. The molecule has 3 amide bonds. The molecule has 0 saturated carbocycles. The summed E-state index contributed by atoms with van der Waals surface area (Å²) < 4.78 is 0. The average Bonchev–Trinajstić information content (AvgIpc) is 3.44. The third-order valence-electron chi connectivity index (χ3n) is 5.13. The van der Waals surface area contributed by atoms with Crippen LogP contribution in [0, 0.1) is 5.92 Å². The van der Waals surface area contributed by atoms with Crippen molar-refractivity contribution in [3.05, 3.63) is 18.2 Å². The molecule has 12 heteroatoms. The van der Waals surface area contributed by atoms with E-state index in [1.165, 1.54) is 12.5 Å². The number of thiol groups is 1. The van der Waals surface area contributed by atoms with Crippen molar-refractivity contribution < 1.29 is 24.3 Å². The molecule has 1 aromatic heterocycles. The highest BCUT2D eigenvalue weighted by molar-refractivity contribution is 7.80. The van der Waals surface area contributed by atoms with Crippen LogP contribution in [0.1, 0.15) is 38.8 Å². The van der Waals surface area contributed by atoms with Crippen molar-refractivity contribution >= 4 is 36.3 Å². The van der Waals surface area contributed by atoms with Gasteiger partial charge in [-0.25, -0.2) is 9.78 Å². The van der Waals surface area contributed by atoms with Crippen LogP contribution >= 0.6 is 12.6 Å². The Balaban J connectivity index is 2.13. The van der Waals surface area contributed by atoms with Gasteiger partial charge in [-0.1, -0.05) is 13.8 Å². The van der Waals surface area contributed by atoms with Gasteiger partial charge in [0.05, 0.1) is 12.4 Å². The van der Waals surface area contributed by atoms with E-state index in [0.717, 1.165) is 13.0 Å². The van der Waals surface area contributed by atoms with Gasteiger partial charge < -0.3 is 31.4 Å². The summed E-state index contributed by atoms with van der Waals surface area (Å²) in [5.41, 5.74) is 0.586. The minimum absolute atomic E-state index is 0.0724. The van der Waals surface area contributed by atoms with Gasteiger partial charge in [-0.2, -0.15) is 12.6 Å². The number of amides is 3. The fraction of sp³-hybridized carbons (Fsp3) is 0.650. The van der Waals surface area contributed by atoms with E-state index in [1.54, 1.807) is 0 Å². The van der Waals surface area contributed by atoms with Gasteiger partial charge in [0.25, 0.3) is 0 Å². The van der Waals surface area contributed by atoms with Gasteiger partial charge >= 0.3 is 5.97 Å². The maximum Gasteiger partial charge on any atom is 0.327 e. The zero-order valence-corrected chi connectivity index (χ0v) is 19.2. The Hall–Kier alpha value is -2.60. The van der Waals surface area contributed by atoms with Crippen LogP contribution in [-0.2, 0) is 25.6 Å². The molecule has 4 atom stereocenters. The van der Waals surface area contributed by atoms with E-state index in [1.807, 2.05) is 13.8 Å². The Kier molecular flexibility index (Phi) is 9.97. The molecule has 1 aliphatic heterocycles. The standard InChI is InChI=1S/C20H32N6O5S/c1-11(2)6-14(24-17(27)13-4-3-5-22-13)18(28)25-15(7-12-8-21-10-23-12)19(29)26-16(9-32)20(30)31/h8,10-11,13-16,22,32H,3-7,9H2,1-2H3,(H,21,23)(H,24,27)(H,25,28)(H,26,29)(H,30,31). The Bertz CT molecular complexity index is 781. The number of carboxylic acids is 1. The summed E-state index contributed by atoms with van der Waals surface area (Å²) in [5, 5.41) is 20.2. The van der Waals surface area contributed by atoms with Crippen LogP contribution < -0.4 is 21.3 Å². The molecule has 0 aliphatic carbocycles. The van der Waals surface area contributed by atoms with Crippen LogP contribution in [0.15, 0.2) is 12.5 Å². The number of carbonyl (C=O) groups excluding carboxylic acids is 3. The molecule has 2 rings (SSSR count). The minimum Gasteiger partial charge on any atom is -0.480 e. The molecule has 1 fully saturated rings. The number of aromatic nitrogens is 2. The summed E-state index contributed by atoms with van der Waals surface area (Å²) in [6.45, 7) is 4.61. The summed E-state index contributed by atoms with van der Waals surface area (Å²) >= 11 is 3.95. The lowest BCUT2D eigenvalue weighted by Crippen LogP contribution is -2.58. The number of aromatic amines is 1. The summed E-state index contributed by atoms with van der Waals surface area (Å²) in [5.74, 6) is -2.65. The highest BCUT2D eigenvalue weighted by Gasteiger charge is 2.31. The molecular weight excluding hydrogens is 436 g/mol. The molecule has 2 heterocycles. The van der Waals surface area contributed by atoms with Gasteiger partial charge in [0, 0.05) is 24.1 Å². The maximum atomic E-state index is 13.1. The largest absolute Gasteiger partial charge is 0.480 e. The lowest BCUT2D eigenvalue weighted by molar-refractivity contribution is -0.141. The van der Waals surface area contributed by atoms with Crippen molar-refractivity contribution in [2.45, 2.75) is 63.7 Å². The first kappa shape index (κ1) is 25.7. The average molecular weight is 469 g/mol. The number of hydrogen-bond donors (Lipinski definition) is 7. The zero-order chi connectivity index (χ0) is 23.7. The van der Waals surface area contributed by atoms with Crippen LogP contribution in [0.25, 0.3) is 0 Å². The number of aliphatic carboxylic acids is 1. The first-order chi connectivity index (χ1) is 15.2. The number of rotatable bonds is 12. The second-order valence-electron chi connectivity index (χ2n) is 8.26. The van der Waals surface area contributed by atoms with Crippen molar-refractivity contribution in [3.63, 3.8) is 0 Å². The molecule has 1 saturated heterocycles. The van der Waals surface area contributed by atoms with Gasteiger partial charge in [-0.15, -0.1) is 0 Å². The van der Waals surface area contributed by atoms with E-state index in [-0.39, 0.29) is 30.0 Å². The first-order valence-electron chi connectivity index (χ1n) is 10.7. The molecule has 0 spiro atoms. The van der Waals surface area contributed by atoms with Crippen LogP contribution in [0.2, 0.25) is 0 Å². The first-order valence-corrected chi connectivity index (χ1v) is 11.3. The summed E-state index contributed by atoms with van der Waals surface area (Å²) in [4.78, 5) is 56.5. The molecule has 0 radical (unpaired) electrons. The van der Waals surface area contributed by atoms with Gasteiger partial charge in [0.15, 0.2) is 0 Å². The number of H-pyrrole nitrogens is 1. The predicted molar refractivity (Wildman–Crippen MR) is 120 cm³/mol. The molecule has 4 unspecified atom stereocenters.